The lowest BCUT2D eigenvalue weighted by Gasteiger charge is -2.34. The van der Waals surface area contributed by atoms with Crippen LogP contribution in [0.2, 0.25) is 0 Å². The molecule has 0 radical (unpaired) electrons. The number of nitrogens with zero attached hydrogens (tertiary/aromatic N) is 1. The number of hydrogen-bond donors (Lipinski definition) is 2. The third-order valence-corrected chi connectivity index (χ3v) is 6.33. The van der Waals surface area contributed by atoms with Crippen molar-refractivity contribution in [2.45, 2.75) is 58.0 Å². The van der Waals surface area contributed by atoms with E-state index in [9.17, 15) is 24.8 Å². The number of nitrogens with one attached hydrogen (secondary N) is 1. The van der Waals surface area contributed by atoms with Gasteiger partial charge in [-0.25, -0.2) is 4.79 Å². The van der Waals surface area contributed by atoms with E-state index in [0.29, 0.717) is 48.4 Å². The number of allylic oxidation sites excluding steroid dienone is 3. The van der Waals surface area contributed by atoms with E-state index in [0.717, 1.165) is 12.8 Å². The molecule has 1 aromatic rings. The smallest absolute Gasteiger partial charge is 0.336 e. The first-order valence-corrected chi connectivity index (χ1v) is 11.5. The summed E-state index contributed by atoms with van der Waals surface area (Å²) in [5, 5.41) is 25.2. The number of rotatable bonds is 7. The normalized spacial score (nSPS) is 22.4. The summed E-state index contributed by atoms with van der Waals surface area (Å²) in [6.45, 7) is 4.28. The predicted molar refractivity (Wildman–Crippen MR) is 120 cm³/mol. The van der Waals surface area contributed by atoms with Crippen LogP contribution in [0, 0.1) is 10.1 Å². The predicted octanol–water partition coefficient (Wildman–Crippen LogP) is 3.39. The highest BCUT2D eigenvalue weighted by molar-refractivity contribution is 6.03. The molecule has 1 fully saturated rings. The Morgan fingerprint density at radius 2 is 2.12 bits per heavy atom. The van der Waals surface area contributed by atoms with Crippen LogP contribution in [-0.2, 0) is 19.1 Å². The van der Waals surface area contributed by atoms with Gasteiger partial charge in [-0.1, -0.05) is 0 Å². The van der Waals surface area contributed by atoms with Crippen molar-refractivity contribution >= 4 is 17.4 Å². The first kappa shape index (κ1) is 23.7. The number of carbonyl (C=O) groups is 2. The molecule has 0 unspecified atom stereocenters. The van der Waals surface area contributed by atoms with Gasteiger partial charge in [-0.3, -0.25) is 14.9 Å². The number of aromatic hydroxyl groups is 1. The molecule has 1 saturated heterocycles. The number of ether oxygens (including phenoxy) is 3. The van der Waals surface area contributed by atoms with Gasteiger partial charge in [-0.2, -0.15) is 0 Å². The molecule has 1 aliphatic carbocycles. The molecule has 0 bridgehead atoms. The molecule has 0 aromatic heterocycles. The Morgan fingerprint density at radius 1 is 1.32 bits per heavy atom. The molecule has 2 aliphatic heterocycles. The zero-order chi connectivity index (χ0) is 24.4. The molecule has 1 aromatic carbocycles. The highest BCUT2D eigenvalue weighted by Crippen LogP contribution is 2.47. The zero-order valence-electron chi connectivity index (χ0n) is 19.2. The molecule has 0 saturated carbocycles. The second-order valence-electron chi connectivity index (χ2n) is 8.58. The SMILES string of the molecule is CCOc1cc([C@H]2C(C(=O)OC[C@@H]3CCCO3)=C(C)NC3=C2C(=O)CCC3)cc([N+](=O)[O-])c1O. The fraction of sp³-hybridized carbons (Fsp3) is 0.500. The molecule has 0 spiro atoms. The third-order valence-electron chi connectivity index (χ3n) is 6.33. The number of phenolic OH excluding ortho intramolecular Hbond substituents is 1. The molecular weight excluding hydrogens is 444 g/mol. The lowest BCUT2D eigenvalue weighted by molar-refractivity contribution is -0.386. The number of nitro groups is 1. The average Bonchev–Trinajstić information content (AvgIpc) is 3.32. The number of ketones is 1. The summed E-state index contributed by atoms with van der Waals surface area (Å²) >= 11 is 0. The molecule has 3 aliphatic rings. The summed E-state index contributed by atoms with van der Waals surface area (Å²) < 4.78 is 16.5. The second kappa shape index (κ2) is 9.84. The van der Waals surface area contributed by atoms with Crippen molar-refractivity contribution in [1.82, 2.24) is 5.32 Å². The number of Topliss-reactive ketones (excluding diaryl/α,β-unsaturated/α-hetero) is 1. The quantitative estimate of drug-likeness (QED) is 0.347. The van der Waals surface area contributed by atoms with Gasteiger partial charge in [-0.15, -0.1) is 0 Å². The Bertz CT molecular complexity index is 1080. The van der Waals surface area contributed by atoms with E-state index >= 15 is 0 Å². The first-order chi connectivity index (χ1) is 16.3. The number of dihydropyridines is 1. The van der Waals surface area contributed by atoms with Crippen LogP contribution < -0.4 is 10.1 Å². The Labute approximate surface area is 196 Å². The second-order valence-corrected chi connectivity index (χ2v) is 8.58. The molecule has 2 atom stereocenters. The third kappa shape index (κ3) is 4.50. The van der Waals surface area contributed by atoms with E-state index in [1.807, 2.05) is 0 Å². The maximum Gasteiger partial charge on any atom is 0.336 e. The van der Waals surface area contributed by atoms with Crippen LogP contribution >= 0.6 is 0 Å². The zero-order valence-corrected chi connectivity index (χ0v) is 19.2. The van der Waals surface area contributed by atoms with Crippen LogP contribution in [0.1, 0.15) is 57.4 Å². The molecule has 10 nitrogen and oxygen atoms in total. The minimum Gasteiger partial charge on any atom is -0.500 e. The maximum absolute atomic E-state index is 13.3. The number of hydrogen-bond acceptors (Lipinski definition) is 9. The Morgan fingerprint density at radius 3 is 2.79 bits per heavy atom. The van der Waals surface area contributed by atoms with E-state index in [1.54, 1.807) is 13.8 Å². The van der Waals surface area contributed by atoms with Crippen LogP contribution in [0.15, 0.2) is 34.7 Å². The number of benzene rings is 1. The standard InChI is InChI=1S/C24H28N2O8/c1-3-32-19-11-14(10-17(23(19)28)26(30)31)21-20(24(29)34-12-15-6-5-9-33-15)13(2)25-16-7-4-8-18(27)22(16)21/h10-11,15,21,25,28H,3-9,12H2,1-2H3/t15-,21-/m0/s1. The molecule has 182 valence electrons. The number of nitro benzene ring substituents is 1. The van der Waals surface area contributed by atoms with Crippen molar-refractivity contribution in [1.29, 1.82) is 0 Å². The fourth-order valence-electron chi connectivity index (χ4n) is 4.79. The molecule has 2 heterocycles. The summed E-state index contributed by atoms with van der Waals surface area (Å²) in [5.74, 6) is -2.33. The van der Waals surface area contributed by atoms with E-state index in [-0.39, 0.29) is 36.4 Å². The van der Waals surface area contributed by atoms with Gasteiger partial charge in [0.2, 0.25) is 5.75 Å². The highest BCUT2D eigenvalue weighted by Gasteiger charge is 2.40. The molecular formula is C24H28N2O8. The van der Waals surface area contributed by atoms with E-state index in [1.165, 1.54) is 12.1 Å². The van der Waals surface area contributed by atoms with Gasteiger partial charge < -0.3 is 24.6 Å². The van der Waals surface area contributed by atoms with Crippen LogP contribution in [0.5, 0.6) is 11.5 Å². The van der Waals surface area contributed by atoms with Crippen molar-refractivity contribution in [2.75, 3.05) is 19.8 Å². The molecule has 34 heavy (non-hydrogen) atoms. The lowest BCUT2D eigenvalue weighted by atomic mass is 9.75. The van der Waals surface area contributed by atoms with Gasteiger partial charge in [0.1, 0.15) is 6.61 Å². The number of phenols is 1. The first-order valence-electron chi connectivity index (χ1n) is 11.5. The summed E-state index contributed by atoms with van der Waals surface area (Å²) in [6, 6.07) is 2.65. The van der Waals surface area contributed by atoms with Gasteiger partial charge in [0.05, 0.1) is 23.2 Å². The minimum absolute atomic E-state index is 0.0830. The van der Waals surface area contributed by atoms with Gasteiger partial charge in [-0.05, 0) is 51.2 Å². The largest absolute Gasteiger partial charge is 0.500 e. The topological polar surface area (TPSA) is 137 Å². The van der Waals surface area contributed by atoms with Crippen LogP contribution in [0.25, 0.3) is 0 Å². The molecule has 10 heteroatoms. The van der Waals surface area contributed by atoms with E-state index in [2.05, 4.69) is 5.32 Å². The molecule has 2 N–H and O–H groups in total. The maximum atomic E-state index is 13.3. The monoisotopic (exact) mass is 472 g/mol. The highest BCUT2D eigenvalue weighted by atomic mass is 16.6. The van der Waals surface area contributed by atoms with Crippen molar-refractivity contribution in [3.8, 4) is 11.5 Å². The van der Waals surface area contributed by atoms with Crippen molar-refractivity contribution in [3.63, 3.8) is 0 Å². The Hall–Kier alpha value is -3.40. The Kier molecular flexibility index (Phi) is 6.87. The van der Waals surface area contributed by atoms with Crippen LogP contribution in [-0.4, -0.2) is 47.7 Å². The van der Waals surface area contributed by atoms with Gasteiger partial charge in [0.25, 0.3) is 0 Å². The van der Waals surface area contributed by atoms with E-state index < -0.39 is 28.2 Å². The fourth-order valence-corrected chi connectivity index (χ4v) is 4.79. The van der Waals surface area contributed by atoms with Gasteiger partial charge in [0.15, 0.2) is 11.5 Å². The van der Waals surface area contributed by atoms with Gasteiger partial charge >= 0.3 is 11.7 Å². The summed E-state index contributed by atoms with van der Waals surface area (Å²) in [4.78, 5) is 37.3. The lowest BCUT2D eigenvalue weighted by Crippen LogP contribution is -2.35. The summed E-state index contributed by atoms with van der Waals surface area (Å²) in [7, 11) is 0. The summed E-state index contributed by atoms with van der Waals surface area (Å²) in [5.41, 5.74) is 1.56. The van der Waals surface area contributed by atoms with Gasteiger partial charge in [0, 0.05) is 42.0 Å². The van der Waals surface area contributed by atoms with E-state index in [4.69, 9.17) is 14.2 Å². The molecule has 4 rings (SSSR count). The van der Waals surface area contributed by atoms with Crippen LogP contribution in [0.4, 0.5) is 5.69 Å². The molecule has 0 amide bonds. The van der Waals surface area contributed by atoms with Crippen molar-refractivity contribution in [3.05, 3.63) is 50.4 Å². The van der Waals surface area contributed by atoms with Crippen LogP contribution in [0.3, 0.4) is 0 Å². The minimum atomic E-state index is -0.889. The Balaban J connectivity index is 1.81. The number of carbonyl (C=O) groups excluding carboxylic acids is 2. The summed E-state index contributed by atoms with van der Waals surface area (Å²) in [6.07, 6.45) is 3.12. The van der Waals surface area contributed by atoms with Crippen molar-refractivity contribution in [2.24, 2.45) is 0 Å². The average molecular weight is 472 g/mol. The number of esters is 1. The van der Waals surface area contributed by atoms with Crippen molar-refractivity contribution < 1.29 is 33.8 Å².